The molecule has 0 bridgehead atoms. The monoisotopic (exact) mass is 517 g/mol. The van der Waals surface area contributed by atoms with Crippen LogP contribution in [0.4, 0.5) is 18.0 Å². The van der Waals surface area contributed by atoms with Crippen molar-refractivity contribution in [1.29, 1.82) is 0 Å². The maximum atomic E-state index is 13.1. The van der Waals surface area contributed by atoms with Gasteiger partial charge in [0.1, 0.15) is 0 Å². The molecule has 1 N–H and O–H groups in total. The number of halogens is 5. The van der Waals surface area contributed by atoms with Crippen LogP contribution in [-0.4, -0.2) is 44.9 Å². The van der Waals surface area contributed by atoms with Crippen molar-refractivity contribution in [3.05, 3.63) is 51.3 Å². The number of hydrogen-bond donors (Lipinski definition) is 1. The van der Waals surface area contributed by atoms with Crippen molar-refractivity contribution < 1.29 is 27.9 Å². The van der Waals surface area contributed by atoms with E-state index >= 15 is 0 Å². The molecule has 1 saturated carbocycles. The Hall–Kier alpha value is -2.26. The minimum absolute atomic E-state index is 0.0879. The van der Waals surface area contributed by atoms with Crippen molar-refractivity contribution >= 4 is 35.2 Å². The molecule has 1 aromatic carbocycles. The lowest BCUT2D eigenvalue weighted by molar-refractivity contribution is -0.137. The van der Waals surface area contributed by atoms with Crippen LogP contribution in [0.25, 0.3) is 0 Å². The number of carboxylic acid groups (broad SMARTS) is 1. The molecule has 2 heterocycles. The van der Waals surface area contributed by atoms with Gasteiger partial charge in [0.25, 0.3) is 0 Å². The summed E-state index contributed by atoms with van der Waals surface area (Å²) >= 11 is 11.8. The minimum atomic E-state index is -4.42. The highest BCUT2D eigenvalue weighted by atomic mass is 35.5. The molecule has 1 aliphatic carbocycles. The predicted molar refractivity (Wildman–Crippen MR) is 120 cm³/mol. The summed E-state index contributed by atoms with van der Waals surface area (Å²) in [6.07, 6.45) is 2.81. The fourth-order valence-corrected chi connectivity index (χ4v) is 5.74. The normalized spacial score (nSPS) is 20.1. The zero-order chi connectivity index (χ0) is 24.7. The van der Waals surface area contributed by atoms with Crippen molar-refractivity contribution in [2.24, 2.45) is 11.3 Å². The predicted octanol–water partition coefficient (Wildman–Crippen LogP) is 6.39. The van der Waals surface area contributed by atoms with Gasteiger partial charge in [0, 0.05) is 18.1 Å². The minimum Gasteiger partial charge on any atom is -0.476 e. The number of benzene rings is 1. The molecule has 2 aliphatic rings. The van der Waals surface area contributed by atoms with Crippen LogP contribution in [0.5, 0.6) is 0 Å². The van der Waals surface area contributed by atoms with Gasteiger partial charge in [-0.05, 0) is 80.0 Å². The van der Waals surface area contributed by atoms with Crippen molar-refractivity contribution in [3.8, 4) is 0 Å². The SMILES string of the molecule is O=C(O)c1nn(C(=O)N2CCC3(CCC(CCc4cc(Cl)cc(C(F)(F)F)c4)C3)CC2)cc1Cl. The Labute approximate surface area is 204 Å². The van der Waals surface area contributed by atoms with Gasteiger partial charge >= 0.3 is 18.2 Å². The smallest absolute Gasteiger partial charge is 0.416 e. The van der Waals surface area contributed by atoms with Gasteiger partial charge in [0.15, 0.2) is 5.69 Å². The standard InChI is InChI=1S/C23H24Cl2F3N3O3/c24-17-10-15(9-16(11-17)23(26,27)28)2-1-14-3-4-22(12-14)5-7-30(8-6-22)21(34)31-13-18(25)19(29-31)20(32)33/h9-11,13-14H,1-8,12H2,(H,32,33). The Kier molecular flexibility index (Phi) is 6.88. The number of hydrogen-bond acceptors (Lipinski definition) is 3. The summed E-state index contributed by atoms with van der Waals surface area (Å²) in [5.74, 6) is -0.878. The Morgan fingerprint density at radius 1 is 1.15 bits per heavy atom. The highest BCUT2D eigenvalue weighted by Gasteiger charge is 2.42. The first-order valence-corrected chi connectivity index (χ1v) is 11.9. The second kappa shape index (κ2) is 9.41. The summed E-state index contributed by atoms with van der Waals surface area (Å²) < 4.78 is 40.1. The average molecular weight is 518 g/mol. The van der Waals surface area contributed by atoms with E-state index in [4.69, 9.17) is 28.3 Å². The lowest BCUT2D eigenvalue weighted by atomic mass is 9.76. The maximum absolute atomic E-state index is 13.1. The number of aromatic carboxylic acids is 1. The number of alkyl halides is 3. The van der Waals surface area contributed by atoms with E-state index in [9.17, 15) is 22.8 Å². The molecule has 1 aromatic heterocycles. The molecule has 1 aliphatic heterocycles. The molecule has 1 atom stereocenters. The number of likely N-dealkylation sites (tertiary alicyclic amines) is 1. The third kappa shape index (κ3) is 5.35. The van der Waals surface area contributed by atoms with Crippen LogP contribution in [0.1, 0.15) is 60.1 Å². The van der Waals surface area contributed by atoms with Crippen LogP contribution in [0.2, 0.25) is 10.0 Å². The zero-order valence-corrected chi connectivity index (χ0v) is 19.8. The molecule has 1 amide bonds. The number of rotatable bonds is 4. The van der Waals surface area contributed by atoms with Crippen molar-refractivity contribution in [3.63, 3.8) is 0 Å². The Morgan fingerprint density at radius 3 is 2.47 bits per heavy atom. The first-order chi connectivity index (χ1) is 16.0. The topological polar surface area (TPSA) is 75.4 Å². The average Bonchev–Trinajstić information content (AvgIpc) is 3.35. The van der Waals surface area contributed by atoms with E-state index in [1.165, 1.54) is 12.3 Å². The van der Waals surface area contributed by atoms with Crippen molar-refractivity contribution in [2.75, 3.05) is 13.1 Å². The largest absolute Gasteiger partial charge is 0.476 e. The Balaban J connectivity index is 1.31. The molecule has 1 spiro atoms. The molecule has 1 saturated heterocycles. The summed E-state index contributed by atoms with van der Waals surface area (Å²) in [5, 5.41) is 12.9. The molecule has 0 radical (unpaired) electrons. The third-order valence-electron chi connectivity index (χ3n) is 7.09. The zero-order valence-electron chi connectivity index (χ0n) is 18.2. The van der Waals surface area contributed by atoms with Crippen LogP contribution >= 0.6 is 23.2 Å². The molecule has 34 heavy (non-hydrogen) atoms. The van der Waals surface area contributed by atoms with E-state index in [1.54, 1.807) is 11.0 Å². The first-order valence-electron chi connectivity index (χ1n) is 11.1. The molecule has 4 rings (SSSR count). The third-order valence-corrected chi connectivity index (χ3v) is 7.59. The van der Waals surface area contributed by atoms with E-state index in [-0.39, 0.29) is 21.2 Å². The Bertz CT molecular complexity index is 1090. The van der Waals surface area contributed by atoms with Gasteiger partial charge in [-0.3, -0.25) is 0 Å². The number of carbonyl (C=O) groups excluding carboxylic acids is 1. The molecule has 2 fully saturated rings. The van der Waals surface area contributed by atoms with E-state index in [0.29, 0.717) is 31.0 Å². The van der Waals surface area contributed by atoms with Crippen LogP contribution in [0.3, 0.4) is 0 Å². The number of carboxylic acids is 1. The Morgan fingerprint density at radius 2 is 1.85 bits per heavy atom. The van der Waals surface area contributed by atoms with Gasteiger partial charge in [-0.25, -0.2) is 9.59 Å². The van der Waals surface area contributed by atoms with Crippen LogP contribution in [0.15, 0.2) is 24.4 Å². The van der Waals surface area contributed by atoms with Gasteiger partial charge in [0.05, 0.1) is 16.8 Å². The molecule has 2 aromatic rings. The quantitative estimate of drug-likeness (QED) is 0.509. The highest BCUT2D eigenvalue weighted by Crippen LogP contribution is 2.50. The van der Waals surface area contributed by atoms with Crippen molar-refractivity contribution in [2.45, 2.75) is 51.1 Å². The molecular weight excluding hydrogens is 494 g/mol. The molecule has 11 heteroatoms. The number of nitrogens with zero attached hydrogens (tertiary/aromatic N) is 3. The fourth-order valence-electron chi connectivity index (χ4n) is 5.27. The van der Waals surface area contributed by atoms with E-state index < -0.39 is 23.7 Å². The molecule has 6 nitrogen and oxygen atoms in total. The number of aromatic nitrogens is 2. The van der Waals surface area contributed by atoms with E-state index in [1.807, 2.05) is 0 Å². The summed E-state index contributed by atoms with van der Waals surface area (Å²) in [6, 6.07) is 3.32. The van der Waals surface area contributed by atoms with Gasteiger partial charge < -0.3 is 10.0 Å². The number of piperidine rings is 1. The molecule has 1 unspecified atom stereocenters. The number of amides is 1. The van der Waals surface area contributed by atoms with Gasteiger partial charge in [0.2, 0.25) is 0 Å². The summed E-state index contributed by atoms with van der Waals surface area (Å²) in [4.78, 5) is 25.5. The first kappa shape index (κ1) is 24.9. The van der Waals surface area contributed by atoms with Gasteiger partial charge in [-0.1, -0.05) is 23.2 Å². The summed E-state index contributed by atoms with van der Waals surface area (Å²) in [6.45, 7) is 1.07. The maximum Gasteiger partial charge on any atom is 0.416 e. The second-order valence-electron chi connectivity index (χ2n) is 9.34. The summed E-state index contributed by atoms with van der Waals surface area (Å²) in [5.41, 5.74) is -0.353. The van der Waals surface area contributed by atoms with Crippen LogP contribution in [0, 0.1) is 11.3 Å². The highest BCUT2D eigenvalue weighted by molar-refractivity contribution is 6.33. The fraction of sp³-hybridized carbons (Fsp3) is 0.522. The second-order valence-corrected chi connectivity index (χ2v) is 10.2. The van der Waals surface area contributed by atoms with Crippen LogP contribution < -0.4 is 0 Å². The number of aryl methyl sites for hydroxylation is 1. The number of carbonyl (C=O) groups is 2. The lowest BCUT2D eigenvalue weighted by Crippen LogP contribution is -2.44. The molecular formula is C23H24Cl2F3N3O3. The lowest BCUT2D eigenvalue weighted by Gasteiger charge is -2.39. The van der Waals surface area contributed by atoms with Crippen LogP contribution in [-0.2, 0) is 12.6 Å². The molecule has 184 valence electrons. The van der Waals surface area contributed by atoms with Gasteiger partial charge in [-0.15, -0.1) is 0 Å². The van der Waals surface area contributed by atoms with E-state index in [0.717, 1.165) is 49.3 Å². The van der Waals surface area contributed by atoms with E-state index in [2.05, 4.69) is 5.10 Å². The van der Waals surface area contributed by atoms with Gasteiger partial charge in [-0.2, -0.15) is 23.0 Å². The van der Waals surface area contributed by atoms with Crippen molar-refractivity contribution in [1.82, 2.24) is 14.7 Å². The summed E-state index contributed by atoms with van der Waals surface area (Å²) in [7, 11) is 0.